The van der Waals surface area contributed by atoms with Crippen LogP contribution in [0, 0.1) is 0 Å². The number of hydrogen-bond acceptors (Lipinski definition) is 2. The van der Waals surface area contributed by atoms with Gasteiger partial charge in [0.2, 0.25) is 0 Å². The average molecular weight is 209 g/mol. The molecule has 2 aliphatic carbocycles. The Morgan fingerprint density at radius 2 is 1.73 bits per heavy atom. The zero-order valence-electron chi connectivity index (χ0n) is 9.63. The molecule has 86 valence electrons. The lowest BCUT2D eigenvalue weighted by molar-refractivity contribution is -0.0679. The second-order valence-electron chi connectivity index (χ2n) is 6.09. The van der Waals surface area contributed by atoms with E-state index in [1.807, 2.05) is 0 Å². The molecule has 1 unspecified atom stereocenters. The predicted octanol–water partition coefficient (Wildman–Crippen LogP) is 2.75. The van der Waals surface area contributed by atoms with Crippen molar-refractivity contribution in [2.75, 3.05) is 0 Å². The van der Waals surface area contributed by atoms with Crippen LogP contribution in [0.15, 0.2) is 0 Å². The molecule has 2 nitrogen and oxygen atoms in total. The van der Waals surface area contributed by atoms with Gasteiger partial charge < -0.3 is 10.5 Å². The van der Waals surface area contributed by atoms with Crippen molar-refractivity contribution >= 4 is 0 Å². The van der Waals surface area contributed by atoms with E-state index in [2.05, 4.69) is 0 Å². The summed E-state index contributed by atoms with van der Waals surface area (Å²) in [6.45, 7) is 0. The standard InChI is InChI=1S/C13H23NO/c14-12(8-9-12)10-11-4-7-13(15-11)5-2-1-3-6-13/h11H,1-10,14H2. The van der Waals surface area contributed by atoms with E-state index in [1.54, 1.807) is 0 Å². The molecule has 1 saturated heterocycles. The van der Waals surface area contributed by atoms with Gasteiger partial charge in [-0.1, -0.05) is 19.3 Å². The van der Waals surface area contributed by atoms with Gasteiger partial charge in [-0.3, -0.25) is 0 Å². The minimum absolute atomic E-state index is 0.171. The van der Waals surface area contributed by atoms with Gasteiger partial charge in [-0.15, -0.1) is 0 Å². The van der Waals surface area contributed by atoms with Gasteiger partial charge in [-0.2, -0.15) is 0 Å². The van der Waals surface area contributed by atoms with Crippen molar-refractivity contribution in [2.24, 2.45) is 5.73 Å². The topological polar surface area (TPSA) is 35.2 Å². The molecule has 0 aromatic heterocycles. The van der Waals surface area contributed by atoms with E-state index < -0.39 is 0 Å². The van der Waals surface area contributed by atoms with Gasteiger partial charge >= 0.3 is 0 Å². The van der Waals surface area contributed by atoms with Gasteiger partial charge in [0.15, 0.2) is 0 Å². The Hall–Kier alpha value is -0.0800. The van der Waals surface area contributed by atoms with Crippen LogP contribution < -0.4 is 5.73 Å². The fraction of sp³-hybridized carbons (Fsp3) is 1.00. The Balaban J connectivity index is 1.57. The summed E-state index contributed by atoms with van der Waals surface area (Å²) in [5.41, 5.74) is 6.62. The largest absolute Gasteiger partial charge is 0.372 e. The van der Waals surface area contributed by atoms with Crippen LogP contribution in [0.5, 0.6) is 0 Å². The Morgan fingerprint density at radius 1 is 1.00 bits per heavy atom. The van der Waals surface area contributed by atoms with Crippen molar-refractivity contribution in [3.63, 3.8) is 0 Å². The second kappa shape index (κ2) is 3.46. The van der Waals surface area contributed by atoms with Gasteiger partial charge in [-0.25, -0.2) is 0 Å². The molecule has 0 amide bonds. The number of hydrogen-bond donors (Lipinski definition) is 1. The molecule has 2 N–H and O–H groups in total. The van der Waals surface area contributed by atoms with Gasteiger partial charge in [0, 0.05) is 5.54 Å². The predicted molar refractivity (Wildman–Crippen MR) is 60.7 cm³/mol. The van der Waals surface area contributed by atoms with E-state index in [4.69, 9.17) is 10.5 Å². The third-order valence-electron chi connectivity index (χ3n) is 4.63. The van der Waals surface area contributed by atoms with Crippen molar-refractivity contribution < 1.29 is 4.74 Å². The highest BCUT2D eigenvalue weighted by atomic mass is 16.5. The first-order valence-electron chi connectivity index (χ1n) is 6.67. The number of rotatable bonds is 2. The highest BCUT2D eigenvalue weighted by Crippen LogP contribution is 2.46. The van der Waals surface area contributed by atoms with Gasteiger partial charge in [0.25, 0.3) is 0 Å². The normalized spacial score (nSPS) is 37.0. The van der Waals surface area contributed by atoms with E-state index >= 15 is 0 Å². The minimum Gasteiger partial charge on any atom is -0.372 e. The molecule has 0 aromatic rings. The molecular formula is C13H23NO. The summed E-state index contributed by atoms with van der Waals surface area (Å²) in [6, 6.07) is 0. The zero-order valence-corrected chi connectivity index (χ0v) is 9.63. The fourth-order valence-corrected chi connectivity index (χ4v) is 3.42. The molecule has 1 aliphatic heterocycles. The molecular weight excluding hydrogens is 186 g/mol. The highest BCUT2D eigenvalue weighted by molar-refractivity contribution is 5.02. The van der Waals surface area contributed by atoms with Crippen molar-refractivity contribution in [1.29, 1.82) is 0 Å². The maximum atomic E-state index is 6.33. The average Bonchev–Trinajstić information content (AvgIpc) is 2.83. The summed E-state index contributed by atoms with van der Waals surface area (Å²) in [4.78, 5) is 0. The van der Waals surface area contributed by atoms with Gasteiger partial charge in [-0.05, 0) is 44.9 Å². The van der Waals surface area contributed by atoms with Crippen LogP contribution in [0.4, 0.5) is 0 Å². The summed E-state index contributed by atoms with van der Waals surface area (Å²) in [5, 5.41) is 0. The van der Waals surface area contributed by atoms with E-state index in [9.17, 15) is 0 Å². The molecule has 3 rings (SSSR count). The molecule has 2 heteroatoms. The lowest BCUT2D eigenvalue weighted by Crippen LogP contribution is -2.34. The Labute approximate surface area is 92.6 Å². The van der Waals surface area contributed by atoms with Crippen molar-refractivity contribution in [1.82, 2.24) is 0 Å². The van der Waals surface area contributed by atoms with Crippen molar-refractivity contribution in [2.45, 2.75) is 81.5 Å². The fourth-order valence-electron chi connectivity index (χ4n) is 3.42. The van der Waals surface area contributed by atoms with Crippen LogP contribution in [0.25, 0.3) is 0 Å². The van der Waals surface area contributed by atoms with Crippen molar-refractivity contribution in [3.8, 4) is 0 Å². The van der Waals surface area contributed by atoms with Crippen molar-refractivity contribution in [3.05, 3.63) is 0 Å². The maximum Gasteiger partial charge on any atom is 0.0687 e. The third-order valence-corrected chi connectivity index (χ3v) is 4.63. The van der Waals surface area contributed by atoms with Crippen LogP contribution in [-0.2, 0) is 4.74 Å². The summed E-state index contributed by atoms with van der Waals surface area (Å²) >= 11 is 0. The molecule has 1 heterocycles. The SMILES string of the molecule is NC1(CC2CCC3(CCCCC3)O2)CC1. The summed E-state index contributed by atoms with van der Waals surface area (Å²) in [6.07, 6.45) is 13.4. The first-order valence-corrected chi connectivity index (χ1v) is 6.67. The monoisotopic (exact) mass is 209 g/mol. The lowest BCUT2D eigenvalue weighted by Gasteiger charge is -2.33. The third kappa shape index (κ3) is 2.07. The molecule has 2 saturated carbocycles. The highest BCUT2D eigenvalue weighted by Gasteiger charge is 2.46. The molecule has 0 bridgehead atoms. The Kier molecular flexibility index (Phi) is 2.33. The lowest BCUT2D eigenvalue weighted by atomic mass is 9.83. The Morgan fingerprint density at radius 3 is 2.40 bits per heavy atom. The van der Waals surface area contributed by atoms with Crippen LogP contribution >= 0.6 is 0 Å². The van der Waals surface area contributed by atoms with Crippen LogP contribution in [0.1, 0.15) is 64.2 Å². The summed E-state index contributed by atoms with van der Waals surface area (Å²) < 4.78 is 6.33. The Bertz CT molecular complexity index is 241. The first kappa shape index (κ1) is 10.1. The van der Waals surface area contributed by atoms with Gasteiger partial charge in [0.05, 0.1) is 11.7 Å². The smallest absolute Gasteiger partial charge is 0.0687 e. The number of ether oxygens (including phenoxy) is 1. The van der Waals surface area contributed by atoms with Gasteiger partial charge in [0.1, 0.15) is 0 Å². The molecule has 0 radical (unpaired) electrons. The zero-order chi connectivity index (χ0) is 10.4. The molecule has 0 aromatic carbocycles. The summed E-state index contributed by atoms with van der Waals surface area (Å²) in [7, 11) is 0. The van der Waals surface area contributed by atoms with Crippen LogP contribution in [0.2, 0.25) is 0 Å². The second-order valence-corrected chi connectivity index (χ2v) is 6.09. The van der Waals surface area contributed by atoms with E-state index in [1.165, 1.54) is 57.8 Å². The molecule has 3 fully saturated rings. The van der Waals surface area contributed by atoms with Crippen LogP contribution in [0.3, 0.4) is 0 Å². The van der Waals surface area contributed by atoms with Crippen LogP contribution in [-0.4, -0.2) is 17.2 Å². The van der Waals surface area contributed by atoms with E-state index in [-0.39, 0.29) is 11.1 Å². The minimum atomic E-state index is 0.171. The first-order chi connectivity index (χ1) is 7.20. The quantitative estimate of drug-likeness (QED) is 0.759. The molecule has 1 atom stereocenters. The molecule has 15 heavy (non-hydrogen) atoms. The maximum absolute atomic E-state index is 6.33. The molecule has 3 aliphatic rings. The van der Waals surface area contributed by atoms with E-state index in [0.717, 1.165) is 6.42 Å². The summed E-state index contributed by atoms with van der Waals surface area (Å²) in [5.74, 6) is 0. The molecule has 1 spiro atoms. The number of nitrogens with two attached hydrogens (primary N) is 1. The van der Waals surface area contributed by atoms with E-state index in [0.29, 0.717) is 6.10 Å².